The van der Waals surface area contributed by atoms with Crippen LogP contribution in [0.3, 0.4) is 0 Å². The van der Waals surface area contributed by atoms with E-state index in [1.807, 2.05) is 60.7 Å². The van der Waals surface area contributed by atoms with Gasteiger partial charge in [-0.15, -0.1) is 0 Å². The lowest BCUT2D eigenvalue weighted by Crippen LogP contribution is -2.41. The Morgan fingerprint density at radius 1 is 0.788 bits per heavy atom. The fourth-order valence-corrected chi connectivity index (χ4v) is 3.25. The molecule has 0 radical (unpaired) electrons. The third-order valence-electron chi connectivity index (χ3n) is 4.93. The normalized spacial score (nSPS) is 10.4. The summed E-state index contributed by atoms with van der Waals surface area (Å²) in [6.07, 6.45) is 1.63. The first-order valence-corrected chi connectivity index (χ1v) is 10.1. The Morgan fingerprint density at radius 3 is 1.97 bits per heavy atom. The summed E-state index contributed by atoms with van der Waals surface area (Å²) in [5.41, 5.74) is 7.58. The van der Waals surface area contributed by atoms with E-state index in [4.69, 9.17) is 9.47 Å². The summed E-state index contributed by atoms with van der Waals surface area (Å²) in [5.74, 6) is -0.0980. The summed E-state index contributed by atoms with van der Waals surface area (Å²) in [4.78, 5) is 25.7. The monoisotopic (exact) mass is 442 g/mol. The number of methoxy groups -OCH3 is 2. The highest BCUT2D eigenvalue weighted by Crippen LogP contribution is 2.24. The molecule has 0 aliphatic heterocycles. The molecule has 0 saturated heterocycles. The average molecular weight is 442 g/mol. The number of hydrazine groups is 1. The first-order chi connectivity index (χ1) is 16.1. The third-order valence-corrected chi connectivity index (χ3v) is 4.93. The Labute approximate surface area is 190 Å². The van der Waals surface area contributed by atoms with Crippen molar-refractivity contribution in [2.24, 2.45) is 0 Å². The second kappa shape index (κ2) is 9.69. The molecule has 0 spiro atoms. The number of carbonyl (C=O) groups excluding carboxylic acids is 2. The van der Waals surface area contributed by atoms with E-state index >= 15 is 0 Å². The van der Waals surface area contributed by atoms with E-state index in [0.29, 0.717) is 22.8 Å². The molecule has 4 rings (SSSR count). The molecule has 0 unspecified atom stereocenters. The van der Waals surface area contributed by atoms with Gasteiger partial charge in [0.1, 0.15) is 17.2 Å². The smallest absolute Gasteiger partial charge is 0.273 e. The van der Waals surface area contributed by atoms with Crippen molar-refractivity contribution in [2.75, 3.05) is 14.2 Å². The van der Waals surface area contributed by atoms with Crippen LogP contribution >= 0.6 is 0 Å². The van der Waals surface area contributed by atoms with Crippen LogP contribution in [0, 0.1) is 0 Å². The minimum atomic E-state index is -0.516. The van der Waals surface area contributed by atoms with Crippen molar-refractivity contribution in [3.05, 3.63) is 96.2 Å². The zero-order valence-corrected chi connectivity index (χ0v) is 18.1. The number of hydrogen-bond donors (Lipinski definition) is 2. The number of carbonyl (C=O) groups is 2. The SMILES string of the molecule is COc1cc(OC)cc(C(=O)NNC(=O)c2cn(-c3ccccc3)nc2-c2ccccc2)c1. The maximum absolute atomic E-state index is 13.0. The van der Waals surface area contributed by atoms with Gasteiger partial charge in [0.25, 0.3) is 11.8 Å². The molecule has 8 heteroatoms. The lowest BCUT2D eigenvalue weighted by molar-refractivity contribution is 0.0846. The Kier molecular flexibility index (Phi) is 6.36. The first-order valence-electron chi connectivity index (χ1n) is 10.1. The van der Waals surface area contributed by atoms with Crippen molar-refractivity contribution in [3.63, 3.8) is 0 Å². The molecule has 8 nitrogen and oxygen atoms in total. The van der Waals surface area contributed by atoms with E-state index in [1.165, 1.54) is 14.2 Å². The summed E-state index contributed by atoms with van der Waals surface area (Å²) < 4.78 is 12.0. The summed E-state index contributed by atoms with van der Waals surface area (Å²) in [6, 6.07) is 23.6. The molecule has 1 heterocycles. The van der Waals surface area contributed by atoms with Gasteiger partial charge in [-0.3, -0.25) is 20.4 Å². The van der Waals surface area contributed by atoms with Gasteiger partial charge >= 0.3 is 0 Å². The lowest BCUT2D eigenvalue weighted by atomic mass is 10.1. The predicted molar refractivity (Wildman–Crippen MR) is 123 cm³/mol. The molecule has 0 atom stereocenters. The number of nitrogens with one attached hydrogen (secondary N) is 2. The second-order valence-corrected chi connectivity index (χ2v) is 7.05. The number of para-hydroxylation sites is 1. The van der Waals surface area contributed by atoms with Crippen LogP contribution in [0.25, 0.3) is 16.9 Å². The van der Waals surface area contributed by atoms with Gasteiger partial charge in [0, 0.05) is 23.4 Å². The largest absolute Gasteiger partial charge is 0.497 e. The molecule has 166 valence electrons. The average Bonchev–Trinajstić information content (AvgIpc) is 3.33. The number of hydrogen-bond acceptors (Lipinski definition) is 5. The molecule has 2 amide bonds. The number of amides is 2. The molecule has 0 aliphatic rings. The molecular weight excluding hydrogens is 420 g/mol. The van der Waals surface area contributed by atoms with Crippen molar-refractivity contribution < 1.29 is 19.1 Å². The van der Waals surface area contributed by atoms with Crippen molar-refractivity contribution >= 4 is 11.8 Å². The van der Waals surface area contributed by atoms with E-state index in [1.54, 1.807) is 29.1 Å². The van der Waals surface area contributed by atoms with Crippen molar-refractivity contribution in [2.45, 2.75) is 0 Å². The highest BCUT2D eigenvalue weighted by molar-refractivity contribution is 6.02. The van der Waals surface area contributed by atoms with Gasteiger partial charge in [0.15, 0.2) is 0 Å². The van der Waals surface area contributed by atoms with Crippen LogP contribution in [-0.2, 0) is 0 Å². The minimum Gasteiger partial charge on any atom is -0.497 e. The Morgan fingerprint density at radius 2 is 1.36 bits per heavy atom. The molecule has 0 saturated carbocycles. The van der Waals surface area contributed by atoms with E-state index in [2.05, 4.69) is 16.0 Å². The van der Waals surface area contributed by atoms with E-state index in [0.717, 1.165) is 11.3 Å². The number of aromatic nitrogens is 2. The zero-order chi connectivity index (χ0) is 23.2. The Hall–Kier alpha value is -4.59. The van der Waals surface area contributed by atoms with Crippen LogP contribution in [0.2, 0.25) is 0 Å². The van der Waals surface area contributed by atoms with Gasteiger partial charge < -0.3 is 9.47 Å². The Balaban J connectivity index is 1.59. The highest BCUT2D eigenvalue weighted by Gasteiger charge is 2.19. The standard InChI is InChI=1S/C25H22N4O4/c1-32-20-13-18(14-21(15-20)33-2)24(30)26-27-25(31)22-16-29(19-11-7-4-8-12-19)28-23(22)17-9-5-3-6-10-17/h3-16H,1-2H3,(H,26,30)(H,27,31). The zero-order valence-electron chi connectivity index (χ0n) is 18.1. The minimum absolute atomic E-state index is 0.273. The lowest BCUT2D eigenvalue weighted by Gasteiger charge is -2.10. The number of nitrogens with zero attached hydrogens (tertiary/aromatic N) is 2. The second-order valence-electron chi connectivity index (χ2n) is 7.05. The van der Waals surface area contributed by atoms with Gasteiger partial charge in [-0.1, -0.05) is 48.5 Å². The van der Waals surface area contributed by atoms with Crippen molar-refractivity contribution in [1.29, 1.82) is 0 Å². The highest BCUT2D eigenvalue weighted by atomic mass is 16.5. The number of rotatable bonds is 6. The van der Waals surface area contributed by atoms with E-state index < -0.39 is 11.8 Å². The quantitative estimate of drug-likeness (QED) is 0.445. The molecule has 1 aromatic heterocycles. The fraction of sp³-hybridized carbons (Fsp3) is 0.0800. The summed E-state index contributed by atoms with van der Waals surface area (Å²) in [7, 11) is 2.99. The maximum Gasteiger partial charge on any atom is 0.273 e. The predicted octanol–water partition coefficient (Wildman–Crippen LogP) is 3.63. The van der Waals surface area contributed by atoms with Crippen LogP contribution in [0.1, 0.15) is 20.7 Å². The van der Waals surface area contributed by atoms with Crippen LogP contribution < -0.4 is 20.3 Å². The van der Waals surface area contributed by atoms with Gasteiger partial charge in [0.2, 0.25) is 0 Å². The summed E-state index contributed by atoms with van der Waals surface area (Å²) >= 11 is 0. The fourth-order valence-electron chi connectivity index (χ4n) is 3.25. The molecule has 0 fully saturated rings. The topological polar surface area (TPSA) is 94.5 Å². The van der Waals surface area contributed by atoms with Crippen LogP contribution in [0.15, 0.2) is 85.1 Å². The molecule has 0 bridgehead atoms. The van der Waals surface area contributed by atoms with Crippen LogP contribution in [-0.4, -0.2) is 35.8 Å². The van der Waals surface area contributed by atoms with E-state index in [-0.39, 0.29) is 5.56 Å². The summed E-state index contributed by atoms with van der Waals surface area (Å²) in [6.45, 7) is 0. The molecule has 3 aromatic carbocycles. The molecule has 4 aromatic rings. The van der Waals surface area contributed by atoms with Crippen molar-refractivity contribution in [1.82, 2.24) is 20.6 Å². The molecule has 0 aliphatic carbocycles. The van der Waals surface area contributed by atoms with Crippen LogP contribution in [0.4, 0.5) is 0 Å². The van der Waals surface area contributed by atoms with Gasteiger partial charge in [-0.25, -0.2) is 4.68 Å². The van der Waals surface area contributed by atoms with E-state index in [9.17, 15) is 9.59 Å². The molecular formula is C25H22N4O4. The maximum atomic E-state index is 13.0. The molecule has 33 heavy (non-hydrogen) atoms. The van der Waals surface area contributed by atoms with Gasteiger partial charge in [-0.2, -0.15) is 5.10 Å². The van der Waals surface area contributed by atoms with Gasteiger partial charge in [-0.05, 0) is 24.3 Å². The third kappa shape index (κ3) is 4.85. The number of ether oxygens (including phenoxy) is 2. The first kappa shape index (κ1) is 21.6. The summed E-state index contributed by atoms with van der Waals surface area (Å²) in [5, 5.41) is 4.61. The Bertz CT molecular complexity index is 1250. The van der Waals surface area contributed by atoms with Gasteiger partial charge in [0.05, 0.1) is 25.5 Å². The van der Waals surface area contributed by atoms with Crippen LogP contribution in [0.5, 0.6) is 11.5 Å². The van der Waals surface area contributed by atoms with Crippen molar-refractivity contribution in [3.8, 4) is 28.4 Å². The number of benzene rings is 3. The molecule has 2 N–H and O–H groups in total.